The summed E-state index contributed by atoms with van der Waals surface area (Å²) in [5.41, 5.74) is 0.00838. The highest BCUT2D eigenvalue weighted by atomic mass is 32.2. The van der Waals surface area contributed by atoms with Crippen molar-refractivity contribution in [2.75, 3.05) is 0 Å². The van der Waals surface area contributed by atoms with Crippen LogP contribution in [0.25, 0.3) is 6.20 Å². The van der Waals surface area contributed by atoms with Gasteiger partial charge in [0.2, 0.25) is 0 Å². The number of rotatable bonds is 4. The molecule has 1 aromatic carbocycles. The Kier molecular flexibility index (Phi) is 3.41. The van der Waals surface area contributed by atoms with Crippen molar-refractivity contribution in [1.82, 2.24) is 9.13 Å². The monoisotopic (exact) mass is 280 g/mol. The van der Waals surface area contributed by atoms with E-state index in [9.17, 15) is 13.2 Å². The number of imidazole rings is 1. The van der Waals surface area contributed by atoms with Crippen molar-refractivity contribution in [2.45, 2.75) is 11.4 Å². The van der Waals surface area contributed by atoms with E-state index in [0.717, 1.165) is 0 Å². The zero-order chi connectivity index (χ0) is 14.0. The van der Waals surface area contributed by atoms with E-state index in [1.54, 1.807) is 12.1 Å². The zero-order valence-electron chi connectivity index (χ0n) is 9.93. The topological polar surface area (TPSA) is 81.3 Å². The Morgan fingerprint density at radius 3 is 2.53 bits per heavy atom. The number of hydrogen-bond donors (Lipinski definition) is 1. The summed E-state index contributed by atoms with van der Waals surface area (Å²) in [6, 6.07) is 5.98. The Morgan fingerprint density at radius 2 is 1.95 bits per heavy atom. The van der Waals surface area contributed by atoms with E-state index >= 15 is 0 Å². The van der Waals surface area contributed by atoms with Crippen molar-refractivity contribution >= 4 is 16.3 Å². The molecule has 2 rings (SSSR count). The summed E-state index contributed by atoms with van der Waals surface area (Å²) in [5.74, 6) is 0. The number of nitrogens with zero attached hydrogens (tertiary/aromatic N) is 2. The largest absolute Gasteiger partial charge is 0.332 e. The molecule has 2 aromatic rings. The second-order valence-electron chi connectivity index (χ2n) is 3.88. The quantitative estimate of drug-likeness (QED) is 0.849. The van der Waals surface area contributed by atoms with Crippen LogP contribution in [0.3, 0.4) is 0 Å². The highest BCUT2D eigenvalue weighted by Gasteiger charge is 2.15. The smallest absolute Gasteiger partial charge is 0.294 e. The van der Waals surface area contributed by atoms with Gasteiger partial charge in [-0.2, -0.15) is 8.42 Å². The van der Waals surface area contributed by atoms with Gasteiger partial charge in [-0.3, -0.25) is 13.7 Å². The lowest BCUT2D eigenvalue weighted by Gasteiger charge is -2.06. The molecule has 0 unspecified atom stereocenters. The van der Waals surface area contributed by atoms with Gasteiger partial charge in [0.05, 0.1) is 11.4 Å². The van der Waals surface area contributed by atoms with E-state index in [4.69, 9.17) is 4.55 Å². The van der Waals surface area contributed by atoms with Crippen LogP contribution in [0.2, 0.25) is 0 Å². The van der Waals surface area contributed by atoms with Gasteiger partial charge < -0.3 is 0 Å². The van der Waals surface area contributed by atoms with E-state index < -0.39 is 10.1 Å². The predicted molar refractivity (Wildman–Crippen MR) is 70.4 cm³/mol. The third-order valence-electron chi connectivity index (χ3n) is 2.66. The first-order valence-electron chi connectivity index (χ1n) is 5.38. The van der Waals surface area contributed by atoms with Crippen LogP contribution < -0.4 is 5.69 Å². The molecule has 1 aromatic heterocycles. The van der Waals surface area contributed by atoms with Gasteiger partial charge in [-0.05, 0) is 11.6 Å². The molecule has 0 atom stereocenters. The Hall–Kier alpha value is -2.12. The van der Waals surface area contributed by atoms with Gasteiger partial charge in [0.15, 0.2) is 0 Å². The van der Waals surface area contributed by atoms with Crippen LogP contribution in [-0.4, -0.2) is 22.1 Å². The van der Waals surface area contributed by atoms with Crippen molar-refractivity contribution in [3.8, 4) is 0 Å². The van der Waals surface area contributed by atoms with E-state index in [0.29, 0.717) is 5.56 Å². The lowest BCUT2D eigenvalue weighted by Crippen LogP contribution is -2.22. The SMILES string of the molecule is C=Cn1ccn(Cc2ccccc2S(=O)(=O)O)c1=O. The molecule has 7 heteroatoms. The molecule has 19 heavy (non-hydrogen) atoms. The van der Waals surface area contributed by atoms with Crippen LogP contribution in [0.5, 0.6) is 0 Å². The van der Waals surface area contributed by atoms with Crippen molar-refractivity contribution in [3.63, 3.8) is 0 Å². The number of hydrogen-bond acceptors (Lipinski definition) is 3. The molecule has 0 bridgehead atoms. The van der Waals surface area contributed by atoms with Crippen molar-refractivity contribution < 1.29 is 13.0 Å². The van der Waals surface area contributed by atoms with Gasteiger partial charge in [0.25, 0.3) is 10.1 Å². The minimum atomic E-state index is -4.31. The van der Waals surface area contributed by atoms with Crippen LogP contribution in [0.1, 0.15) is 5.56 Å². The predicted octanol–water partition coefficient (Wildman–Crippen LogP) is 1.05. The summed E-state index contributed by atoms with van der Waals surface area (Å²) in [4.78, 5) is 11.6. The molecule has 0 saturated carbocycles. The molecule has 1 heterocycles. The van der Waals surface area contributed by atoms with Gasteiger partial charge in [0.1, 0.15) is 0 Å². The van der Waals surface area contributed by atoms with Crippen molar-refractivity contribution in [3.05, 3.63) is 59.3 Å². The first-order valence-corrected chi connectivity index (χ1v) is 6.82. The molecular weight excluding hydrogens is 268 g/mol. The van der Waals surface area contributed by atoms with Crippen LogP contribution in [0.4, 0.5) is 0 Å². The molecule has 6 nitrogen and oxygen atoms in total. The third-order valence-corrected chi connectivity index (χ3v) is 3.62. The molecular formula is C12H12N2O4S. The van der Waals surface area contributed by atoms with Crippen molar-refractivity contribution in [2.24, 2.45) is 0 Å². The second-order valence-corrected chi connectivity index (χ2v) is 5.27. The Morgan fingerprint density at radius 1 is 1.26 bits per heavy atom. The molecule has 0 aliphatic heterocycles. The molecule has 0 aliphatic rings. The third kappa shape index (κ3) is 2.67. The number of benzene rings is 1. The fourth-order valence-corrected chi connectivity index (χ4v) is 2.47. The molecule has 0 aliphatic carbocycles. The van der Waals surface area contributed by atoms with Gasteiger partial charge in [-0.1, -0.05) is 24.8 Å². The maximum atomic E-state index is 11.8. The van der Waals surface area contributed by atoms with Crippen LogP contribution >= 0.6 is 0 Å². The highest BCUT2D eigenvalue weighted by Crippen LogP contribution is 2.15. The highest BCUT2D eigenvalue weighted by molar-refractivity contribution is 7.85. The van der Waals surface area contributed by atoms with Gasteiger partial charge in [0, 0.05) is 18.6 Å². The van der Waals surface area contributed by atoms with Gasteiger partial charge in [-0.15, -0.1) is 0 Å². The average Bonchev–Trinajstić information content (AvgIpc) is 2.70. The second kappa shape index (κ2) is 4.87. The van der Waals surface area contributed by atoms with Crippen LogP contribution in [-0.2, 0) is 16.7 Å². The van der Waals surface area contributed by atoms with Crippen LogP contribution in [0.15, 0.2) is 52.9 Å². The number of aromatic nitrogens is 2. The maximum Gasteiger partial charge on any atom is 0.332 e. The summed E-state index contributed by atoms with van der Waals surface area (Å²) < 4.78 is 34.2. The summed E-state index contributed by atoms with van der Waals surface area (Å²) in [6.45, 7) is 3.53. The lowest BCUT2D eigenvalue weighted by molar-refractivity contribution is 0.481. The molecule has 100 valence electrons. The summed E-state index contributed by atoms with van der Waals surface area (Å²) >= 11 is 0. The molecule has 0 radical (unpaired) electrons. The van der Waals surface area contributed by atoms with E-state index in [-0.39, 0.29) is 17.1 Å². The maximum absolute atomic E-state index is 11.8. The average molecular weight is 280 g/mol. The minimum Gasteiger partial charge on any atom is -0.294 e. The van der Waals surface area contributed by atoms with Gasteiger partial charge >= 0.3 is 5.69 Å². The molecule has 0 spiro atoms. The minimum absolute atomic E-state index is 0.0512. The summed E-state index contributed by atoms with van der Waals surface area (Å²) in [6.07, 6.45) is 4.39. The Bertz CT molecular complexity index is 771. The first kappa shape index (κ1) is 13.3. The summed E-state index contributed by atoms with van der Waals surface area (Å²) in [7, 11) is -4.31. The molecule has 0 saturated heterocycles. The molecule has 0 fully saturated rings. The normalized spacial score (nSPS) is 11.4. The zero-order valence-corrected chi connectivity index (χ0v) is 10.7. The Balaban J connectivity index is 2.47. The van der Waals surface area contributed by atoms with Gasteiger partial charge in [-0.25, -0.2) is 4.79 Å². The van der Waals surface area contributed by atoms with Crippen LogP contribution in [0, 0.1) is 0 Å². The van der Waals surface area contributed by atoms with E-state index in [2.05, 4.69) is 6.58 Å². The Labute approximate surface area is 110 Å². The lowest BCUT2D eigenvalue weighted by atomic mass is 10.2. The van der Waals surface area contributed by atoms with E-state index in [1.165, 1.54) is 39.9 Å². The fraction of sp³-hybridized carbons (Fsp3) is 0.0833. The molecule has 0 amide bonds. The van der Waals surface area contributed by atoms with Crippen molar-refractivity contribution in [1.29, 1.82) is 0 Å². The first-order chi connectivity index (χ1) is 8.93. The van der Waals surface area contributed by atoms with E-state index in [1.807, 2.05) is 0 Å². The fourth-order valence-electron chi connectivity index (χ4n) is 1.76. The standard InChI is InChI=1S/C12H12N2O4S/c1-2-13-7-8-14(12(13)15)9-10-5-3-4-6-11(10)19(16,17)18/h2-8H,1,9H2,(H,16,17,18). The summed E-state index contributed by atoms with van der Waals surface area (Å²) in [5, 5.41) is 0. The molecule has 1 N–H and O–H groups in total.